The molecule has 0 saturated heterocycles. The molecule has 26 heavy (non-hydrogen) atoms. The predicted octanol–water partition coefficient (Wildman–Crippen LogP) is 4.90. The number of halogens is 4. The molecule has 0 unspecified atom stereocenters. The molecule has 1 saturated carbocycles. The highest BCUT2D eigenvalue weighted by atomic mass is 35.5. The average Bonchev–Trinajstić information content (AvgIpc) is 3.08. The maximum absolute atomic E-state index is 13.2. The summed E-state index contributed by atoms with van der Waals surface area (Å²) in [5.74, 6) is 2.02. The number of benzene rings is 1. The predicted molar refractivity (Wildman–Crippen MR) is 90.3 cm³/mol. The van der Waals surface area contributed by atoms with Gasteiger partial charge in [0.1, 0.15) is 11.5 Å². The summed E-state index contributed by atoms with van der Waals surface area (Å²) in [6.45, 7) is 1.92. The van der Waals surface area contributed by atoms with E-state index in [4.69, 9.17) is 16.0 Å². The van der Waals surface area contributed by atoms with Crippen LogP contribution in [0, 0.1) is 5.92 Å². The van der Waals surface area contributed by atoms with Crippen molar-refractivity contribution in [3.8, 4) is 0 Å². The number of alkyl halides is 3. The monoisotopic (exact) mass is 407 g/mol. The van der Waals surface area contributed by atoms with Gasteiger partial charge in [0.2, 0.25) is 10.0 Å². The van der Waals surface area contributed by atoms with Crippen molar-refractivity contribution in [1.82, 2.24) is 4.31 Å². The third kappa shape index (κ3) is 3.77. The summed E-state index contributed by atoms with van der Waals surface area (Å²) >= 11 is 5.61. The van der Waals surface area contributed by atoms with Crippen LogP contribution in [0.4, 0.5) is 13.2 Å². The van der Waals surface area contributed by atoms with E-state index in [9.17, 15) is 21.6 Å². The highest BCUT2D eigenvalue weighted by molar-refractivity contribution is 7.89. The SMILES string of the molecule is C[C@@H]1C[C@@H]1c1ccc(CN(C)S(=O)(=O)c2ccc(Cl)cc2C(F)(F)F)o1. The molecule has 0 radical (unpaired) electrons. The van der Waals surface area contributed by atoms with Gasteiger partial charge in [-0.3, -0.25) is 0 Å². The second-order valence-corrected chi connectivity index (χ2v) is 8.97. The molecule has 2 aromatic rings. The largest absolute Gasteiger partial charge is 0.464 e. The molecule has 0 amide bonds. The zero-order valence-corrected chi connectivity index (χ0v) is 15.6. The molecule has 0 bridgehead atoms. The van der Waals surface area contributed by atoms with Gasteiger partial charge < -0.3 is 4.42 Å². The van der Waals surface area contributed by atoms with E-state index in [2.05, 4.69) is 6.92 Å². The van der Waals surface area contributed by atoms with E-state index in [-0.39, 0.29) is 11.6 Å². The lowest BCUT2D eigenvalue weighted by Crippen LogP contribution is -2.28. The first-order valence-corrected chi connectivity index (χ1v) is 9.73. The lowest BCUT2D eigenvalue weighted by Gasteiger charge is -2.19. The van der Waals surface area contributed by atoms with Crippen LogP contribution in [-0.4, -0.2) is 19.8 Å². The minimum absolute atomic E-state index is 0.163. The van der Waals surface area contributed by atoms with E-state index >= 15 is 0 Å². The Kier molecular flexibility index (Phi) is 4.87. The molecule has 2 atom stereocenters. The zero-order valence-electron chi connectivity index (χ0n) is 14.0. The van der Waals surface area contributed by atoms with E-state index in [0.29, 0.717) is 23.7 Å². The molecule has 4 nitrogen and oxygen atoms in total. The van der Waals surface area contributed by atoms with Crippen LogP contribution in [0.1, 0.15) is 36.3 Å². The van der Waals surface area contributed by atoms with Gasteiger partial charge in [-0.1, -0.05) is 18.5 Å². The van der Waals surface area contributed by atoms with E-state index in [1.165, 1.54) is 7.05 Å². The summed E-state index contributed by atoms with van der Waals surface area (Å²) in [4.78, 5) is -0.834. The summed E-state index contributed by atoms with van der Waals surface area (Å²) in [5.41, 5.74) is -1.29. The van der Waals surface area contributed by atoms with Gasteiger partial charge >= 0.3 is 6.18 Å². The number of rotatable bonds is 5. The molecule has 0 aliphatic heterocycles. The van der Waals surface area contributed by atoms with Crippen LogP contribution in [0.3, 0.4) is 0 Å². The van der Waals surface area contributed by atoms with E-state index in [0.717, 1.165) is 28.6 Å². The Labute approximate surface area is 154 Å². The van der Waals surface area contributed by atoms with Crippen molar-refractivity contribution in [2.24, 2.45) is 5.92 Å². The molecule has 3 rings (SSSR count). The van der Waals surface area contributed by atoms with Crippen molar-refractivity contribution in [3.63, 3.8) is 0 Å². The fourth-order valence-electron chi connectivity index (χ4n) is 2.82. The Morgan fingerprint density at radius 2 is 1.92 bits per heavy atom. The summed E-state index contributed by atoms with van der Waals surface area (Å²) in [7, 11) is -3.16. The molecule has 1 fully saturated rings. The van der Waals surface area contributed by atoms with E-state index in [1.54, 1.807) is 12.1 Å². The van der Waals surface area contributed by atoms with Crippen molar-refractivity contribution in [3.05, 3.63) is 52.4 Å². The Hall–Kier alpha value is -1.51. The molecule has 1 aromatic carbocycles. The number of sulfonamides is 1. The van der Waals surface area contributed by atoms with Gasteiger partial charge in [-0.15, -0.1) is 0 Å². The molecule has 1 aromatic heterocycles. The maximum Gasteiger partial charge on any atom is 0.417 e. The topological polar surface area (TPSA) is 50.5 Å². The fourth-order valence-corrected chi connectivity index (χ4v) is 4.32. The Morgan fingerprint density at radius 1 is 1.27 bits per heavy atom. The highest BCUT2D eigenvalue weighted by Gasteiger charge is 2.39. The average molecular weight is 408 g/mol. The molecule has 1 aliphatic rings. The van der Waals surface area contributed by atoms with Gasteiger partial charge in [0.15, 0.2) is 0 Å². The van der Waals surface area contributed by atoms with E-state index < -0.39 is 26.7 Å². The first kappa shape index (κ1) is 19.3. The molecule has 1 aliphatic carbocycles. The van der Waals surface area contributed by atoms with Crippen LogP contribution in [0.5, 0.6) is 0 Å². The van der Waals surface area contributed by atoms with Crippen LogP contribution in [-0.2, 0) is 22.7 Å². The minimum atomic E-state index is -4.84. The zero-order chi connectivity index (χ0) is 19.3. The first-order valence-electron chi connectivity index (χ1n) is 7.92. The molecule has 9 heteroatoms. The Morgan fingerprint density at radius 3 is 2.50 bits per heavy atom. The second kappa shape index (κ2) is 6.58. The van der Waals surface area contributed by atoms with Gasteiger partial charge in [0.25, 0.3) is 0 Å². The fraction of sp³-hybridized carbons (Fsp3) is 0.412. The number of hydrogen-bond donors (Lipinski definition) is 0. The lowest BCUT2D eigenvalue weighted by molar-refractivity contribution is -0.139. The van der Waals surface area contributed by atoms with Crippen molar-refractivity contribution >= 4 is 21.6 Å². The summed E-state index contributed by atoms with van der Waals surface area (Å²) in [6.07, 6.45) is -3.82. The highest BCUT2D eigenvalue weighted by Crippen LogP contribution is 2.47. The van der Waals surface area contributed by atoms with Crippen LogP contribution < -0.4 is 0 Å². The van der Waals surface area contributed by atoms with Gasteiger partial charge in [-0.25, -0.2) is 8.42 Å². The third-order valence-corrected chi connectivity index (χ3v) is 6.57. The quantitative estimate of drug-likeness (QED) is 0.708. The van der Waals surface area contributed by atoms with Crippen LogP contribution in [0.2, 0.25) is 5.02 Å². The van der Waals surface area contributed by atoms with Crippen LogP contribution >= 0.6 is 11.6 Å². The molecular formula is C17H17ClF3NO3S. The van der Waals surface area contributed by atoms with Crippen molar-refractivity contribution < 1.29 is 26.0 Å². The van der Waals surface area contributed by atoms with Gasteiger partial charge in [0.05, 0.1) is 17.0 Å². The number of nitrogens with zero attached hydrogens (tertiary/aromatic N) is 1. The van der Waals surface area contributed by atoms with Crippen molar-refractivity contribution in [2.45, 2.75) is 36.9 Å². The summed E-state index contributed by atoms with van der Waals surface area (Å²) < 4.78 is 71.5. The van der Waals surface area contributed by atoms with Crippen LogP contribution in [0.25, 0.3) is 0 Å². The normalized spacial score (nSPS) is 20.6. The van der Waals surface area contributed by atoms with Crippen molar-refractivity contribution in [1.29, 1.82) is 0 Å². The van der Waals surface area contributed by atoms with Gasteiger partial charge in [-0.05, 0) is 42.7 Å². The third-order valence-electron chi connectivity index (χ3n) is 4.47. The molecule has 0 N–H and O–H groups in total. The standard InChI is InChI=1S/C17H17ClF3NO3S/c1-10-7-13(10)15-5-4-12(25-15)9-22(2)26(23,24)16-6-3-11(18)8-14(16)17(19,20)21/h3-6,8,10,13H,7,9H2,1-2H3/t10-,13+/m1/s1. The maximum atomic E-state index is 13.2. The first-order chi connectivity index (χ1) is 12.0. The van der Waals surface area contributed by atoms with Gasteiger partial charge in [0, 0.05) is 18.0 Å². The summed E-state index contributed by atoms with van der Waals surface area (Å²) in [6, 6.07) is 6.04. The van der Waals surface area contributed by atoms with Crippen LogP contribution in [0.15, 0.2) is 39.6 Å². The molecule has 0 spiro atoms. The molecule has 142 valence electrons. The number of hydrogen-bond acceptors (Lipinski definition) is 3. The lowest BCUT2D eigenvalue weighted by atomic mass is 10.2. The van der Waals surface area contributed by atoms with E-state index in [1.807, 2.05) is 0 Å². The summed E-state index contributed by atoms with van der Waals surface area (Å²) in [5, 5.41) is -0.187. The Bertz CT molecular complexity index is 924. The molecular weight excluding hydrogens is 391 g/mol. The van der Waals surface area contributed by atoms with Crippen molar-refractivity contribution in [2.75, 3.05) is 7.05 Å². The minimum Gasteiger partial charge on any atom is -0.464 e. The van der Waals surface area contributed by atoms with Gasteiger partial charge in [-0.2, -0.15) is 17.5 Å². The molecule has 1 heterocycles. The Balaban J connectivity index is 1.87. The second-order valence-electron chi connectivity index (χ2n) is 6.52. The smallest absolute Gasteiger partial charge is 0.417 e. The number of furan rings is 1.